The first-order chi connectivity index (χ1) is 13.7. The second kappa shape index (κ2) is 8.78. The molecule has 1 fully saturated rings. The molecule has 1 atom stereocenters. The standard InChI is InChI=1S/C23H29N3O2/c1-17(19-7-4-8-21(11-19)25-22-15-28-16-22)24-12-23(27)14-26-10-9-18-5-2-3-6-20(18)13-26/h2-8,11,22-25,27H,1,9-10,12-16H2. The first-order valence-electron chi connectivity index (χ1n) is 10.0. The molecule has 0 saturated carbocycles. The molecule has 2 aromatic rings. The van der Waals surface area contributed by atoms with Crippen molar-refractivity contribution in [1.82, 2.24) is 10.2 Å². The summed E-state index contributed by atoms with van der Waals surface area (Å²) in [5.41, 5.74) is 5.74. The van der Waals surface area contributed by atoms with Crippen molar-refractivity contribution < 1.29 is 9.84 Å². The molecule has 4 rings (SSSR count). The lowest BCUT2D eigenvalue weighted by molar-refractivity contribution is 0.0211. The molecule has 2 aromatic carbocycles. The van der Waals surface area contributed by atoms with E-state index in [1.807, 2.05) is 12.1 Å². The van der Waals surface area contributed by atoms with Crippen LogP contribution >= 0.6 is 0 Å². The summed E-state index contributed by atoms with van der Waals surface area (Å²) < 4.78 is 5.21. The molecule has 0 aromatic heterocycles. The third kappa shape index (κ3) is 4.73. The summed E-state index contributed by atoms with van der Waals surface area (Å²) in [6, 6.07) is 17.2. The fourth-order valence-corrected chi connectivity index (χ4v) is 3.77. The number of nitrogens with one attached hydrogen (secondary N) is 2. The minimum atomic E-state index is -0.435. The van der Waals surface area contributed by atoms with Crippen LogP contribution in [0, 0.1) is 0 Å². The monoisotopic (exact) mass is 379 g/mol. The maximum Gasteiger partial charge on any atom is 0.0839 e. The molecule has 0 aliphatic carbocycles. The molecule has 0 radical (unpaired) electrons. The number of aliphatic hydroxyl groups is 1. The second-order valence-corrected chi connectivity index (χ2v) is 7.73. The van der Waals surface area contributed by atoms with Gasteiger partial charge in [0.2, 0.25) is 0 Å². The molecule has 1 saturated heterocycles. The Balaban J connectivity index is 1.25. The lowest BCUT2D eigenvalue weighted by Crippen LogP contribution is -2.40. The Morgan fingerprint density at radius 2 is 2.00 bits per heavy atom. The molecule has 2 aliphatic rings. The van der Waals surface area contributed by atoms with Gasteiger partial charge in [-0.15, -0.1) is 0 Å². The Labute approximate surface area is 167 Å². The van der Waals surface area contributed by atoms with E-state index in [-0.39, 0.29) is 0 Å². The molecule has 0 amide bonds. The predicted octanol–water partition coefficient (Wildman–Crippen LogP) is 2.48. The number of ether oxygens (including phenoxy) is 1. The number of benzene rings is 2. The van der Waals surface area contributed by atoms with Crippen molar-refractivity contribution in [2.75, 3.05) is 38.2 Å². The van der Waals surface area contributed by atoms with Crippen LogP contribution in [0.3, 0.4) is 0 Å². The van der Waals surface area contributed by atoms with Gasteiger partial charge in [0.25, 0.3) is 0 Å². The van der Waals surface area contributed by atoms with E-state index in [1.165, 1.54) is 11.1 Å². The molecule has 28 heavy (non-hydrogen) atoms. The van der Waals surface area contributed by atoms with Crippen molar-refractivity contribution in [2.24, 2.45) is 0 Å². The van der Waals surface area contributed by atoms with E-state index in [0.29, 0.717) is 19.1 Å². The third-order valence-electron chi connectivity index (χ3n) is 5.45. The van der Waals surface area contributed by atoms with Crippen LogP contribution in [0.25, 0.3) is 5.70 Å². The van der Waals surface area contributed by atoms with Gasteiger partial charge in [0.15, 0.2) is 0 Å². The number of fused-ring (bicyclic) bond motifs is 1. The van der Waals surface area contributed by atoms with Crippen LogP contribution in [0.5, 0.6) is 0 Å². The summed E-state index contributed by atoms with van der Waals surface area (Å²) in [6.07, 6.45) is 0.616. The SMILES string of the molecule is C=C(NCC(O)CN1CCc2ccccc2C1)c1cccc(NC2COC2)c1. The maximum absolute atomic E-state index is 10.5. The van der Waals surface area contributed by atoms with Gasteiger partial charge in [0.05, 0.1) is 25.4 Å². The fourth-order valence-electron chi connectivity index (χ4n) is 3.77. The van der Waals surface area contributed by atoms with E-state index in [0.717, 1.165) is 49.7 Å². The molecule has 1 unspecified atom stereocenters. The molecule has 5 heteroatoms. The minimum Gasteiger partial charge on any atom is -0.390 e. The lowest BCUT2D eigenvalue weighted by atomic mass is 10.00. The number of hydrogen-bond acceptors (Lipinski definition) is 5. The molecule has 2 aliphatic heterocycles. The molecular formula is C23H29N3O2. The fraction of sp³-hybridized carbons (Fsp3) is 0.391. The Bertz CT molecular complexity index is 819. The van der Waals surface area contributed by atoms with Crippen molar-refractivity contribution >= 4 is 11.4 Å². The van der Waals surface area contributed by atoms with Crippen molar-refractivity contribution in [3.05, 3.63) is 71.8 Å². The summed E-state index contributed by atoms with van der Waals surface area (Å²) in [5, 5.41) is 17.2. The highest BCUT2D eigenvalue weighted by Crippen LogP contribution is 2.20. The van der Waals surface area contributed by atoms with Crippen LogP contribution in [-0.4, -0.2) is 55.0 Å². The lowest BCUT2D eigenvalue weighted by Gasteiger charge is -2.30. The maximum atomic E-state index is 10.5. The predicted molar refractivity (Wildman–Crippen MR) is 113 cm³/mol. The highest BCUT2D eigenvalue weighted by Gasteiger charge is 2.19. The topological polar surface area (TPSA) is 56.8 Å². The molecule has 3 N–H and O–H groups in total. The summed E-state index contributed by atoms with van der Waals surface area (Å²) in [6.45, 7) is 8.72. The largest absolute Gasteiger partial charge is 0.390 e. The van der Waals surface area contributed by atoms with Crippen molar-refractivity contribution in [2.45, 2.75) is 25.1 Å². The zero-order valence-electron chi connectivity index (χ0n) is 16.2. The summed E-state index contributed by atoms with van der Waals surface area (Å²) >= 11 is 0. The van der Waals surface area contributed by atoms with E-state index in [9.17, 15) is 5.11 Å². The van der Waals surface area contributed by atoms with Gasteiger partial charge >= 0.3 is 0 Å². The van der Waals surface area contributed by atoms with E-state index in [4.69, 9.17) is 4.74 Å². The van der Waals surface area contributed by atoms with Gasteiger partial charge in [-0.1, -0.05) is 43.0 Å². The zero-order chi connectivity index (χ0) is 19.3. The van der Waals surface area contributed by atoms with Crippen LogP contribution in [0.1, 0.15) is 16.7 Å². The summed E-state index contributed by atoms with van der Waals surface area (Å²) in [4.78, 5) is 2.32. The van der Waals surface area contributed by atoms with Gasteiger partial charge in [-0.2, -0.15) is 0 Å². The molecule has 2 heterocycles. The quantitative estimate of drug-likeness (QED) is 0.658. The normalized spacial score (nSPS) is 18.0. The average Bonchev–Trinajstić information content (AvgIpc) is 2.69. The first kappa shape index (κ1) is 19.0. The molecular weight excluding hydrogens is 350 g/mol. The molecule has 148 valence electrons. The van der Waals surface area contributed by atoms with Crippen LogP contribution < -0.4 is 10.6 Å². The van der Waals surface area contributed by atoms with Gasteiger partial charge in [0.1, 0.15) is 0 Å². The van der Waals surface area contributed by atoms with Crippen LogP contribution in [0.2, 0.25) is 0 Å². The second-order valence-electron chi connectivity index (χ2n) is 7.73. The number of anilines is 1. The van der Waals surface area contributed by atoms with Crippen LogP contribution in [-0.2, 0) is 17.7 Å². The molecule has 5 nitrogen and oxygen atoms in total. The minimum absolute atomic E-state index is 0.396. The first-order valence-corrected chi connectivity index (χ1v) is 10.0. The number of hydrogen-bond donors (Lipinski definition) is 3. The highest BCUT2D eigenvalue weighted by atomic mass is 16.5. The number of rotatable bonds is 8. The number of nitrogens with zero attached hydrogens (tertiary/aromatic N) is 1. The van der Waals surface area contributed by atoms with E-state index < -0.39 is 6.10 Å². The van der Waals surface area contributed by atoms with Gasteiger partial charge < -0.3 is 20.5 Å². The smallest absolute Gasteiger partial charge is 0.0839 e. The molecule has 0 bridgehead atoms. The summed E-state index contributed by atoms with van der Waals surface area (Å²) in [7, 11) is 0. The van der Waals surface area contributed by atoms with Gasteiger partial charge in [-0.3, -0.25) is 4.90 Å². The van der Waals surface area contributed by atoms with Gasteiger partial charge in [-0.25, -0.2) is 0 Å². The number of β-amino-alcohol motifs (C(OH)–C–C–N with tert-alkyl or cyclic N) is 1. The third-order valence-corrected chi connectivity index (χ3v) is 5.45. The Morgan fingerprint density at radius 3 is 2.79 bits per heavy atom. The van der Waals surface area contributed by atoms with Crippen LogP contribution in [0.15, 0.2) is 55.1 Å². The van der Waals surface area contributed by atoms with Gasteiger partial charge in [-0.05, 0) is 35.2 Å². The Kier molecular flexibility index (Phi) is 5.95. The van der Waals surface area contributed by atoms with Crippen molar-refractivity contribution in [3.63, 3.8) is 0 Å². The highest BCUT2D eigenvalue weighted by molar-refractivity contribution is 5.65. The van der Waals surface area contributed by atoms with Crippen molar-refractivity contribution in [1.29, 1.82) is 0 Å². The zero-order valence-corrected chi connectivity index (χ0v) is 16.2. The van der Waals surface area contributed by atoms with Crippen LogP contribution in [0.4, 0.5) is 5.69 Å². The number of aliphatic hydroxyl groups excluding tert-OH is 1. The summed E-state index contributed by atoms with van der Waals surface area (Å²) in [5.74, 6) is 0. The Hall–Kier alpha value is -2.34. The van der Waals surface area contributed by atoms with Gasteiger partial charge in [0, 0.05) is 37.6 Å². The average molecular weight is 380 g/mol. The van der Waals surface area contributed by atoms with Crippen molar-refractivity contribution in [3.8, 4) is 0 Å². The van der Waals surface area contributed by atoms with E-state index >= 15 is 0 Å². The molecule has 0 spiro atoms. The van der Waals surface area contributed by atoms with E-state index in [2.05, 4.69) is 58.5 Å². The Morgan fingerprint density at radius 1 is 1.18 bits per heavy atom. The van der Waals surface area contributed by atoms with E-state index in [1.54, 1.807) is 0 Å².